The molecule has 0 aliphatic carbocycles. The highest BCUT2D eigenvalue weighted by atomic mass is 35.5. The van der Waals surface area contributed by atoms with E-state index in [1.165, 1.54) is 0 Å². The van der Waals surface area contributed by atoms with Crippen molar-refractivity contribution in [2.45, 2.75) is 25.2 Å². The molecule has 35 heavy (non-hydrogen) atoms. The van der Waals surface area contributed by atoms with Gasteiger partial charge in [-0.1, -0.05) is 71.7 Å². The van der Waals surface area contributed by atoms with Crippen molar-refractivity contribution in [3.8, 4) is 0 Å². The van der Waals surface area contributed by atoms with E-state index in [1.54, 1.807) is 47.4 Å². The molecule has 0 saturated heterocycles. The first kappa shape index (κ1) is 24.7. The van der Waals surface area contributed by atoms with E-state index < -0.39 is 36.5 Å². The molecular weight excluding hydrogens is 491 g/mol. The SMILES string of the molecule is O=C(O)CNC(=O)CC1OC(c2ccccc2Cl)c2cc(Cl)ccc2N(Cc2ccccc2)C1=O. The Morgan fingerprint density at radius 1 is 0.971 bits per heavy atom. The first-order valence-electron chi connectivity index (χ1n) is 10.9. The molecule has 3 aromatic carbocycles. The van der Waals surface area contributed by atoms with Crippen molar-refractivity contribution in [2.75, 3.05) is 11.4 Å². The molecule has 0 aromatic heterocycles. The van der Waals surface area contributed by atoms with Gasteiger partial charge in [-0.05, 0) is 29.8 Å². The number of carboxylic acid groups (broad SMARTS) is 1. The fourth-order valence-corrected chi connectivity index (χ4v) is 4.39. The van der Waals surface area contributed by atoms with E-state index in [4.69, 9.17) is 33.0 Å². The fraction of sp³-hybridized carbons (Fsp3) is 0.192. The standard InChI is InChI=1S/C26H22Cl2N2O5/c27-17-10-11-21-19(12-17)25(18-8-4-5-9-20(18)28)35-22(13-23(31)29-14-24(32)33)26(34)30(21)15-16-6-2-1-3-7-16/h1-12,22,25H,13-15H2,(H,29,31)(H,32,33). The zero-order valence-electron chi connectivity index (χ0n) is 18.5. The second-order valence-electron chi connectivity index (χ2n) is 8.01. The highest BCUT2D eigenvalue weighted by molar-refractivity contribution is 6.31. The molecule has 0 bridgehead atoms. The van der Waals surface area contributed by atoms with Gasteiger partial charge in [0.05, 0.1) is 18.7 Å². The number of fused-ring (bicyclic) bond motifs is 1. The number of aliphatic carboxylic acids is 1. The summed E-state index contributed by atoms with van der Waals surface area (Å²) < 4.78 is 6.27. The number of rotatable bonds is 7. The van der Waals surface area contributed by atoms with Crippen LogP contribution in [0.5, 0.6) is 0 Å². The molecule has 180 valence electrons. The normalized spacial score (nSPS) is 17.4. The number of hydrogen-bond donors (Lipinski definition) is 2. The number of carbonyl (C=O) groups is 3. The number of amides is 2. The summed E-state index contributed by atoms with van der Waals surface area (Å²) in [6.45, 7) is -0.322. The van der Waals surface area contributed by atoms with E-state index >= 15 is 0 Å². The number of benzene rings is 3. The molecule has 3 aromatic rings. The molecule has 0 fully saturated rings. The third-order valence-electron chi connectivity index (χ3n) is 5.58. The molecule has 7 nitrogen and oxygen atoms in total. The first-order chi connectivity index (χ1) is 16.8. The van der Waals surface area contributed by atoms with Crippen LogP contribution in [0, 0.1) is 0 Å². The molecule has 2 unspecified atom stereocenters. The van der Waals surface area contributed by atoms with Crippen molar-refractivity contribution in [1.29, 1.82) is 0 Å². The quantitative estimate of drug-likeness (QED) is 0.482. The summed E-state index contributed by atoms with van der Waals surface area (Å²) in [7, 11) is 0. The number of hydrogen-bond acceptors (Lipinski definition) is 4. The third-order valence-corrected chi connectivity index (χ3v) is 6.16. The van der Waals surface area contributed by atoms with Gasteiger partial charge in [0.2, 0.25) is 5.91 Å². The number of nitrogens with one attached hydrogen (secondary N) is 1. The number of carbonyl (C=O) groups excluding carboxylic acids is 2. The fourth-order valence-electron chi connectivity index (χ4n) is 3.98. The van der Waals surface area contributed by atoms with Crippen LogP contribution in [0.25, 0.3) is 0 Å². The number of carboxylic acids is 1. The predicted molar refractivity (Wildman–Crippen MR) is 133 cm³/mol. The average Bonchev–Trinajstić information content (AvgIpc) is 2.94. The molecule has 9 heteroatoms. The molecule has 0 saturated carbocycles. The molecule has 0 radical (unpaired) electrons. The summed E-state index contributed by atoms with van der Waals surface area (Å²) in [6.07, 6.45) is -2.35. The summed E-state index contributed by atoms with van der Waals surface area (Å²) in [5.41, 5.74) is 2.71. The lowest BCUT2D eigenvalue weighted by Gasteiger charge is -2.25. The third kappa shape index (κ3) is 5.82. The second-order valence-corrected chi connectivity index (χ2v) is 8.86. The molecule has 1 heterocycles. The lowest BCUT2D eigenvalue weighted by Crippen LogP contribution is -2.42. The molecular formula is C26H22Cl2N2O5. The molecule has 2 atom stereocenters. The van der Waals surface area contributed by atoms with E-state index in [2.05, 4.69) is 5.32 Å². The Morgan fingerprint density at radius 2 is 1.69 bits per heavy atom. The maximum Gasteiger partial charge on any atom is 0.322 e. The van der Waals surface area contributed by atoms with Crippen LogP contribution in [0.2, 0.25) is 10.0 Å². The Bertz CT molecular complexity index is 1250. The molecule has 4 rings (SSSR count). The first-order valence-corrected chi connectivity index (χ1v) is 11.6. The minimum atomic E-state index is -1.19. The Balaban J connectivity index is 1.80. The van der Waals surface area contributed by atoms with Gasteiger partial charge in [-0.25, -0.2) is 0 Å². The van der Waals surface area contributed by atoms with Gasteiger partial charge in [0.25, 0.3) is 5.91 Å². The lowest BCUT2D eigenvalue weighted by atomic mass is 9.99. The predicted octanol–water partition coefficient (Wildman–Crippen LogP) is 4.61. The van der Waals surface area contributed by atoms with Gasteiger partial charge in [-0.3, -0.25) is 14.4 Å². The number of halogens is 2. The lowest BCUT2D eigenvalue weighted by molar-refractivity contribution is -0.140. The smallest absolute Gasteiger partial charge is 0.322 e. The van der Waals surface area contributed by atoms with Crippen LogP contribution in [0.4, 0.5) is 5.69 Å². The van der Waals surface area contributed by atoms with Crippen molar-refractivity contribution < 1.29 is 24.2 Å². The maximum absolute atomic E-state index is 13.8. The van der Waals surface area contributed by atoms with E-state index in [-0.39, 0.29) is 13.0 Å². The average molecular weight is 513 g/mol. The van der Waals surface area contributed by atoms with Crippen molar-refractivity contribution >= 4 is 46.7 Å². The zero-order valence-corrected chi connectivity index (χ0v) is 20.0. The van der Waals surface area contributed by atoms with E-state index in [0.717, 1.165) is 5.56 Å². The van der Waals surface area contributed by atoms with Gasteiger partial charge < -0.3 is 20.1 Å². The number of ether oxygens (including phenoxy) is 1. The Hall–Kier alpha value is -3.39. The number of nitrogens with zero attached hydrogens (tertiary/aromatic N) is 1. The largest absolute Gasteiger partial charge is 0.480 e. The molecule has 1 aliphatic rings. The van der Waals surface area contributed by atoms with Crippen molar-refractivity contribution in [2.24, 2.45) is 0 Å². The van der Waals surface area contributed by atoms with Crippen molar-refractivity contribution in [3.63, 3.8) is 0 Å². The highest BCUT2D eigenvalue weighted by Gasteiger charge is 2.38. The van der Waals surface area contributed by atoms with E-state index in [9.17, 15) is 14.4 Å². The minimum absolute atomic E-state index is 0.236. The maximum atomic E-state index is 13.8. The van der Waals surface area contributed by atoms with Crippen LogP contribution in [0.1, 0.15) is 29.2 Å². The highest BCUT2D eigenvalue weighted by Crippen LogP contribution is 2.42. The van der Waals surface area contributed by atoms with Crippen molar-refractivity contribution in [3.05, 3.63) is 99.5 Å². The summed E-state index contributed by atoms with van der Waals surface area (Å²) in [5.74, 6) is -2.24. The molecule has 0 spiro atoms. The van der Waals surface area contributed by atoms with Gasteiger partial charge >= 0.3 is 5.97 Å². The van der Waals surface area contributed by atoms with E-state index in [1.807, 2.05) is 30.3 Å². The summed E-state index contributed by atoms with van der Waals surface area (Å²) in [6, 6.07) is 21.7. The molecule has 2 N–H and O–H groups in total. The number of anilines is 1. The summed E-state index contributed by atoms with van der Waals surface area (Å²) in [4.78, 5) is 38.7. The Morgan fingerprint density at radius 3 is 2.40 bits per heavy atom. The van der Waals surface area contributed by atoms with Crippen LogP contribution < -0.4 is 10.2 Å². The van der Waals surface area contributed by atoms with Gasteiger partial charge in [0.15, 0.2) is 0 Å². The van der Waals surface area contributed by atoms with Crippen LogP contribution in [-0.2, 0) is 25.7 Å². The monoisotopic (exact) mass is 512 g/mol. The summed E-state index contributed by atoms with van der Waals surface area (Å²) >= 11 is 12.8. The second kappa shape index (κ2) is 10.9. The topological polar surface area (TPSA) is 95.9 Å². The van der Waals surface area contributed by atoms with Gasteiger partial charge in [0, 0.05) is 21.2 Å². The van der Waals surface area contributed by atoms with Gasteiger partial charge in [-0.2, -0.15) is 0 Å². The Labute approximate surface area is 212 Å². The van der Waals surface area contributed by atoms with Gasteiger partial charge in [-0.15, -0.1) is 0 Å². The van der Waals surface area contributed by atoms with Crippen LogP contribution in [0.15, 0.2) is 72.8 Å². The van der Waals surface area contributed by atoms with E-state index in [0.29, 0.717) is 26.9 Å². The minimum Gasteiger partial charge on any atom is -0.480 e. The zero-order chi connectivity index (χ0) is 24.9. The van der Waals surface area contributed by atoms with Gasteiger partial charge in [0.1, 0.15) is 18.8 Å². The molecule has 2 amide bonds. The van der Waals surface area contributed by atoms with Crippen LogP contribution >= 0.6 is 23.2 Å². The molecule has 1 aliphatic heterocycles. The van der Waals surface area contributed by atoms with Crippen LogP contribution in [0.3, 0.4) is 0 Å². The Kier molecular flexibility index (Phi) is 7.70. The van der Waals surface area contributed by atoms with Crippen molar-refractivity contribution in [1.82, 2.24) is 5.32 Å². The van der Waals surface area contributed by atoms with Crippen LogP contribution in [-0.4, -0.2) is 35.5 Å². The summed E-state index contributed by atoms with van der Waals surface area (Å²) in [5, 5.41) is 12.1.